The van der Waals surface area contributed by atoms with Crippen molar-refractivity contribution in [2.24, 2.45) is 0 Å². The van der Waals surface area contributed by atoms with Crippen molar-refractivity contribution in [3.8, 4) is 0 Å². The Balaban J connectivity index is 1.83. The molecule has 0 saturated carbocycles. The largest absolute Gasteiger partial charge is 0.462 e. The van der Waals surface area contributed by atoms with Gasteiger partial charge in [-0.05, 0) is 35.7 Å². The van der Waals surface area contributed by atoms with Gasteiger partial charge in [0.1, 0.15) is 5.82 Å². The van der Waals surface area contributed by atoms with Gasteiger partial charge in [-0.25, -0.2) is 9.18 Å². The number of carbonyl (C=O) groups excluding carboxylic acids is 1. The first-order chi connectivity index (χ1) is 8.25. The molecule has 88 valence electrons. The molecule has 0 saturated heterocycles. The minimum Gasteiger partial charge on any atom is -0.462 e. The molecule has 1 aromatic heterocycles. The molecule has 2 rings (SSSR count). The molecule has 1 aromatic carbocycles. The molecule has 0 N–H and O–H groups in total. The fourth-order valence-corrected chi connectivity index (χ4v) is 2.06. The Labute approximate surface area is 103 Å². The molecule has 0 aliphatic rings. The molecule has 0 radical (unpaired) electrons. The van der Waals surface area contributed by atoms with Crippen LogP contribution < -0.4 is 0 Å². The monoisotopic (exact) mass is 250 g/mol. The summed E-state index contributed by atoms with van der Waals surface area (Å²) in [6.45, 7) is 0.344. The van der Waals surface area contributed by atoms with Gasteiger partial charge in [0.15, 0.2) is 0 Å². The van der Waals surface area contributed by atoms with Crippen molar-refractivity contribution in [1.29, 1.82) is 0 Å². The molecule has 2 nitrogen and oxygen atoms in total. The molecule has 0 aliphatic heterocycles. The fraction of sp³-hybridized carbons (Fsp3) is 0.154. The zero-order valence-corrected chi connectivity index (χ0v) is 9.87. The Morgan fingerprint density at radius 1 is 1.24 bits per heavy atom. The highest BCUT2D eigenvalue weighted by molar-refractivity contribution is 7.09. The van der Waals surface area contributed by atoms with Gasteiger partial charge in [0.2, 0.25) is 0 Å². The van der Waals surface area contributed by atoms with E-state index >= 15 is 0 Å². The lowest BCUT2D eigenvalue weighted by atomic mass is 10.2. The third-order valence-corrected chi connectivity index (χ3v) is 3.18. The summed E-state index contributed by atoms with van der Waals surface area (Å²) in [5.41, 5.74) is 0.373. The number of hydrogen-bond acceptors (Lipinski definition) is 3. The molecule has 0 unspecified atom stereocenters. The molecule has 1 heterocycles. The van der Waals surface area contributed by atoms with E-state index in [4.69, 9.17) is 4.74 Å². The van der Waals surface area contributed by atoms with E-state index < -0.39 is 5.97 Å². The van der Waals surface area contributed by atoms with Crippen LogP contribution in [-0.4, -0.2) is 12.6 Å². The number of benzene rings is 1. The summed E-state index contributed by atoms with van der Waals surface area (Å²) in [6.07, 6.45) is 0.713. The van der Waals surface area contributed by atoms with Crippen LogP contribution >= 0.6 is 11.3 Å². The second kappa shape index (κ2) is 5.59. The third kappa shape index (κ3) is 3.39. The van der Waals surface area contributed by atoms with Crippen LogP contribution in [0.1, 0.15) is 15.2 Å². The third-order valence-electron chi connectivity index (χ3n) is 2.24. The summed E-state index contributed by atoms with van der Waals surface area (Å²) in [7, 11) is 0. The number of esters is 1. The highest BCUT2D eigenvalue weighted by Crippen LogP contribution is 2.10. The van der Waals surface area contributed by atoms with Gasteiger partial charge >= 0.3 is 5.97 Å². The van der Waals surface area contributed by atoms with Crippen LogP contribution in [0.4, 0.5) is 4.39 Å². The van der Waals surface area contributed by atoms with E-state index in [1.807, 2.05) is 17.5 Å². The Hall–Kier alpha value is -1.68. The first kappa shape index (κ1) is 11.8. The standard InChI is InChI=1S/C13H11FO2S/c14-11-5-3-10(4-6-11)13(15)16-8-7-12-2-1-9-17-12/h1-6,9H,7-8H2. The lowest BCUT2D eigenvalue weighted by molar-refractivity contribution is 0.0510. The van der Waals surface area contributed by atoms with Gasteiger partial charge < -0.3 is 4.74 Å². The summed E-state index contributed by atoms with van der Waals surface area (Å²) in [6, 6.07) is 9.29. The van der Waals surface area contributed by atoms with E-state index in [0.717, 1.165) is 0 Å². The van der Waals surface area contributed by atoms with Gasteiger partial charge in [-0.3, -0.25) is 0 Å². The molecule has 0 amide bonds. The molecule has 4 heteroatoms. The van der Waals surface area contributed by atoms with Gasteiger partial charge in [-0.15, -0.1) is 11.3 Å². The zero-order chi connectivity index (χ0) is 12.1. The second-order valence-electron chi connectivity index (χ2n) is 3.47. The van der Waals surface area contributed by atoms with E-state index in [1.165, 1.54) is 29.1 Å². The van der Waals surface area contributed by atoms with Crippen molar-refractivity contribution in [3.63, 3.8) is 0 Å². The van der Waals surface area contributed by atoms with Crippen molar-refractivity contribution >= 4 is 17.3 Å². The van der Waals surface area contributed by atoms with Crippen molar-refractivity contribution in [1.82, 2.24) is 0 Å². The van der Waals surface area contributed by atoms with Crippen LogP contribution in [0.15, 0.2) is 41.8 Å². The maximum Gasteiger partial charge on any atom is 0.338 e. The number of ether oxygens (including phenoxy) is 1. The van der Waals surface area contributed by atoms with Gasteiger partial charge in [0, 0.05) is 11.3 Å². The maximum absolute atomic E-state index is 12.6. The Morgan fingerprint density at radius 2 is 2.00 bits per heavy atom. The summed E-state index contributed by atoms with van der Waals surface area (Å²) in [5.74, 6) is -0.776. The van der Waals surface area contributed by atoms with Gasteiger partial charge in [-0.1, -0.05) is 6.07 Å². The van der Waals surface area contributed by atoms with Crippen LogP contribution in [-0.2, 0) is 11.2 Å². The lowest BCUT2D eigenvalue weighted by Crippen LogP contribution is -2.07. The summed E-state index contributed by atoms with van der Waals surface area (Å²) >= 11 is 1.63. The molecule has 0 bridgehead atoms. The van der Waals surface area contributed by atoms with E-state index in [1.54, 1.807) is 11.3 Å². The number of carbonyl (C=O) groups is 1. The fourth-order valence-electron chi connectivity index (χ4n) is 1.37. The van der Waals surface area contributed by atoms with E-state index in [9.17, 15) is 9.18 Å². The van der Waals surface area contributed by atoms with Crippen molar-refractivity contribution in [2.75, 3.05) is 6.61 Å². The van der Waals surface area contributed by atoms with Crippen LogP contribution in [0.5, 0.6) is 0 Å². The normalized spacial score (nSPS) is 10.2. The SMILES string of the molecule is O=C(OCCc1cccs1)c1ccc(F)cc1. The molecular formula is C13H11FO2S. The smallest absolute Gasteiger partial charge is 0.338 e. The van der Waals surface area contributed by atoms with E-state index in [0.29, 0.717) is 18.6 Å². The minimum atomic E-state index is -0.415. The van der Waals surface area contributed by atoms with Crippen molar-refractivity contribution in [3.05, 3.63) is 58.0 Å². The lowest BCUT2D eigenvalue weighted by Gasteiger charge is -2.03. The Morgan fingerprint density at radius 3 is 2.65 bits per heavy atom. The van der Waals surface area contributed by atoms with E-state index in [-0.39, 0.29) is 5.82 Å². The van der Waals surface area contributed by atoms with Crippen LogP contribution in [0, 0.1) is 5.82 Å². The van der Waals surface area contributed by atoms with Crippen molar-refractivity contribution < 1.29 is 13.9 Å². The highest BCUT2D eigenvalue weighted by atomic mass is 32.1. The zero-order valence-electron chi connectivity index (χ0n) is 9.06. The van der Waals surface area contributed by atoms with Gasteiger partial charge in [0.05, 0.1) is 12.2 Å². The van der Waals surface area contributed by atoms with Crippen LogP contribution in [0.25, 0.3) is 0 Å². The van der Waals surface area contributed by atoms with Crippen molar-refractivity contribution in [2.45, 2.75) is 6.42 Å². The quantitative estimate of drug-likeness (QED) is 0.778. The molecule has 0 spiro atoms. The summed E-state index contributed by atoms with van der Waals surface area (Å²) < 4.78 is 17.7. The molecule has 2 aromatic rings. The average Bonchev–Trinajstić information content (AvgIpc) is 2.83. The number of rotatable bonds is 4. The predicted octanol–water partition coefficient (Wildman–Crippen LogP) is 3.29. The highest BCUT2D eigenvalue weighted by Gasteiger charge is 2.06. The average molecular weight is 250 g/mol. The van der Waals surface area contributed by atoms with E-state index in [2.05, 4.69) is 0 Å². The predicted molar refractivity (Wildman–Crippen MR) is 64.7 cm³/mol. The van der Waals surface area contributed by atoms with Crippen LogP contribution in [0.3, 0.4) is 0 Å². The Bertz CT molecular complexity index is 477. The number of halogens is 1. The number of thiophene rings is 1. The van der Waals surface area contributed by atoms with Gasteiger partial charge in [-0.2, -0.15) is 0 Å². The Kier molecular flexibility index (Phi) is 3.88. The topological polar surface area (TPSA) is 26.3 Å². The molecule has 17 heavy (non-hydrogen) atoms. The number of hydrogen-bond donors (Lipinski definition) is 0. The maximum atomic E-state index is 12.6. The summed E-state index contributed by atoms with van der Waals surface area (Å²) in [5, 5.41) is 1.98. The molecule has 0 aliphatic carbocycles. The van der Waals surface area contributed by atoms with Gasteiger partial charge in [0.25, 0.3) is 0 Å². The molecular weight excluding hydrogens is 239 g/mol. The molecule has 0 fully saturated rings. The summed E-state index contributed by atoms with van der Waals surface area (Å²) in [4.78, 5) is 12.7. The molecule has 0 atom stereocenters. The second-order valence-corrected chi connectivity index (χ2v) is 4.50. The first-order valence-electron chi connectivity index (χ1n) is 5.21. The minimum absolute atomic E-state index is 0.344. The first-order valence-corrected chi connectivity index (χ1v) is 6.09. The van der Waals surface area contributed by atoms with Crippen LogP contribution in [0.2, 0.25) is 0 Å².